The minimum Gasteiger partial charge on any atom is -0.442 e. The van der Waals surface area contributed by atoms with E-state index in [0.29, 0.717) is 5.92 Å². The lowest BCUT2D eigenvalue weighted by molar-refractivity contribution is -0.118. The molecule has 0 aliphatic carbocycles. The standard InChI is InChI=1S/C13H24N2O3/c1-9(2)6-10(7-11(14)16)8-15-12(17)18-13(3,4)5/h8-10H,6-7H2,1-5H3,(H2,14,16). The SMILES string of the molecule is CC(C)CC(C=NC(=O)OC(C)(C)C)CC(N)=O. The van der Waals surface area contributed by atoms with Crippen LogP contribution in [0.25, 0.3) is 0 Å². The lowest BCUT2D eigenvalue weighted by Crippen LogP contribution is -2.23. The molecule has 0 aromatic carbocycles. The number of carbonyl (C=O) groups is 2. The summed E-state index contributed by atoms with van der Waals surface area (Å²) in [6.07, 6.45) is 1.79. The predicted molar refractivity (Wildman–Crippen MR) is 71.5 cm³/mol. The van der Waals surface area contributed by atoms with Gasteiger partial charge >= 0.3 is 6.09 Å². The molecule has 0 aromatic rings. The zero-order valence-electron chi connectivity index (χ0n) is 11.9. The van der Waals surface area contributed by atoms with E-state index in [1.165, 1.54) is 6.21 Å². The normalized spacial score (nSPS) is 13.9. The lowest BCUT2D eigenvalue weighted by atomic mass is 9.95. The van der Waals surface area contributed by atoms with Crippen molar-refractivity contribution in [3.63, 3.8) is 0 Å². The quantitative estimate of drug-likeness (QED) is 0.767. The van der Waals surface area contributed by atoms with Crippen molar-refractivity contribution in [2.24, 2.45) is 22.6 Å². The highest BCUT2D eigenvalue weighted by atomic mass is 16.6. The molecule has 0 fully saturated rings. The molecule has 0 aromatic heterocycles. The maximum Gasteiger partial charge on any atom is 0.433 e. The van der Waals surface area contributed by atoms with Crippen molar-refractivity contribution in [3.8, 4) is 0 Å². The van der Waals surface area contributed by atoms with E-state index in [4.69, 9.17) is 10.5 Å². The molecule has 0 bridgehead atoms. The van der Waals surface area contributed by atoms with E-state index in [9.17, 15) is 9.59 Å². The molecule has 0 saturated carbocycles. The van der Waals surface area contributed by atoms with Gasteiger partial charge in [0.15, 0.2) is 0 Å². The van der Waals surface area contributed by atoms with Crippen LogP contribution in [0.4, 0.5) is 4.79 Å². The Hall–Kier alpha value is -1.39. The third-order valence-corrected chi connectivity index (χ3v) is 2.02. The molecule has 0 rings (SSSR count). The fraction of sp³-hybridized carbons (Fsp3) is 0.769. The maximum atomic E-state index is 11.4. The van der Waals surface area contributed by atoms with Crippen LogP contribution in [0.5, 0.6) is 0 Å². The highest BCUT2D eigenvalue weighted by molar-refractivity contribution is 5.83. The number of carbonyl (C=O) groups excluding carboxylic acids is 2. The molecular weight excluding hydrogens is 232 g/mol. The van der Waals surface area contributed by atoms with Gasteiger partial charge in [-0.15, -0.1) is 0 Å². The number of rotatable bonds is 5. The molecule has 18 heavy (non-hydrogen) atoms. The molecule has 0 saturated heterocycles. The molecule has 0 spiro atoms. The average molecular weight is 256 g/mol. The zero-order chi connectivity index (χ0) is 14.3. The smallest absolute Gasteiger partial charge is 0.433 e. The molecule has 0 heterocycles. The van der Waals surface area contributed by atoms with Crippen molar-refractivity contribution in [3.05, 3.63) is 0 Å². The van der Waals surface area contributed by atoms with Crippen LogP contribution >= 0.6 is 0 Å². The Morgan fingerprint density at radius 3 is 2.28 bits per heavy atom. The topological polar surface area (TPSA) is 81.8 Å². The summed E-state index contributed by atoms with van der Waals surface area (Å²) < 4.78 is 5.05. The van der Waals surface area contributed by atoms with Gasteiger partial charge in [-0.25, -0.2) is 4.79 Å². The van der Waals surface area contributed by atoms with E-state index in [2.05, 4.69) is 4.99 Å². The Kier molecular flexibility index (Phi) is 6.58. The first kappa shape index (κ1) is 16.6. The van der Waals surface area contributed by atoms with Crippen LogP contribution in [0.2, 0.25) is 0 Å². The van der Waals surface area contributed by atoms with Gasteiger partial charge in [-0.05, 0) is 33.1 Å². The summed E-state index contributed by atoms with van der Waals surface area (Å²) in [6, 6.07) is 0. The van der Waals surface area contributed by atoms with Crippen LogP contribution in [-0.2, 0) is 9.53 Å². The van der Waals surface area contributed by atoms with Crippen molar-refractivity contribution >= 4 is 18.2 Å². The van der Waals surface area contributed by atoms with Crippen molar-refractivity contribution < 1.29 is 14.3 Å². The molecule has 0 aliphatic heterocycles. The van der Waals surface area contributed by atoms with Crippen LogP contribution in [0, 0.1) is 11.8 Å². The Morgan fingerprint density at radius 2 is 1.89 bits per heavy atom. The van der Waals surface area contributed by atoms with Gasteiger partial charge in [-0.3, -0.25) is 4.79 Å². The summed E-state index contributed by atoms with van der Waals surface area (Å²) in [4.78, 5) is 26.0. The Morgan fingerprint density at radius 1 is 1.33 bits per heavy atom. The third-order valence-electron chi connectivity index (χ3n) is 2.02. The highest BCUT2D eigenvalue weighted by Crippen LogP contribution is 2.14. The van der Waals surface area contributed by atoms with E-state index in [0.717, 1.165) is 6.42 Å². The molecule has 104 valence electrons. The molecule has 1 unspecified atom stereocenters. The minimum absolute atomic E-state index is 0.116. The number of ether oxygens (including phenoxy) is 1. The first-order chi connectivity index (χ1) is 8.10. The summed E-state index contributed by atoms with van der Waals surface area (Å²) in [5.41, 5.74) is 4.60. The van der Waals surface area contributed by atoms with E-state index in [-0.39, 0.29) is 12.3 Å². The third kappa shape index (κ3) is 9.81. The molecule has 2 N–H and O–H groups in total. The zero-order valence-corrected chi connectivity index (χ0v) is 11.9. The van der Waals surface area contributed by atoms with E-state index < -0.39 is 17.6 Å². The Labute approximate surface area is 109 Å². The second-order valence-electron chi connectivity index (χ2n) is 5.82. The molecule has 0 radical (unpaired) electrons. The monoisotopic (exact) mass is 256 g/mol. The predicted octanol–water partition coefficient (Wildman–Crippen LogP) is 2.53. The number of aliphatic imine (C=N–C) groups is 1. The maximum absolute atomic E-state index is 11.4. The summed E-state index contributed by atoms with van der Waals surface area (Å²) in [6.45, 7) is 9.39. The number of nitrogens with two attached hydrogens (primary N) is 1. The summed E-state index contributed by atoms with van der Waals surface area (Å²) >= 11 is 0. The van der Waals surface area contributed by atoms with Gasteiger partial charge in [0.2, 0.25) is 5.91 Å². The fourth-order valence-corrected chi connectivity index (χ4v) is 1.52. The van der Waals surface area contributed by atoms with Gasteiger partial charge in [-0.1, -0.05) is 13.8 Å². The Bertz CT molecular complexity index is 317. The summed E-state index contributed by atoms with van der Waals surface area (Å²) in [5.74, 6) is -0.106. The molecular formula is C13H24N2O3. The highest BCUT2D eigenvalue weighted by Gasteiger charge is 2.16. The molecule has 0 aliphatic rings. The van der Waals surface area contributed by atoms with Gasteiger partial charge in [0, 0.05) is 18.6 Å². The number of hydrogen-bond donors (Lipinski definition) is 1. The first-order valence-corrected chi connectivity index (χ1v) is 6.15. The van der Waals surface area contributed by atoms with Crippen molar-refractivity contribution in [2.75, 3.05) is 0 Å². The number of primary amides is 1. The largest absolute Gasteiger partial charge is 0.442 e. The first-order valence-electron chi connectivity index (χ1n) is 6.15. The van der Waals surface area contributed by atoms with Crippen molar-refractivity contribution in [1.29, 1.82) is 0 Å². The van der Waals surface area contributed by atoms with E-state index in [1.807, 2.05) is 13.8 Å². The number of hydrogen-bond acceptors (Lipinski definition) is 3. The van der Waals surface area contributed by atoms with Crippen LogP contribution in [0.15, 0.2) is 4.99 Å². The van der Waals surface area contributed by atoms with Gasteiger partial charge in [0.1, 0.15) is 5.60 Å². The second kappa shape index (κ2) is 7.13. The average Bonchev–Trinajstić information content (AvgIpc) is 2.09. The van der Waals surface area contributed by atoms with Gasteiger partial charge in [0.05, 0.1) is 0 Å². The molecule has 2 amide bonds. The van der Waals surface area contributed by atoms with Gasteiger partial charge in [0.25, 0.3) is 0 Å². The van der Waals surface area contributed by atoms with E-state index in [1.54, 1.807) is 20.8 Å². The molecule has 5 heteroatoms. The number of amides is 2. The molecule has 1 atom stereocenters. The van der Waals surface area contributed by atoms with E-state index >= 15 is 0 Å². The minimum atomic E-state index is -0.638. The fourth-order valence-electron chi connectivity index (χ4n) is 1.52. The summed E-state index contributed by atoms with van der Waals surface area (Å²) in [5, 5.41) is 0. The second-order valence-corrected chi connectivity index (χ2v) is 5.82. The van der Waals surface area contributed by atoms with Crippen molar-refractivity contribution in [2.45, 2.75) is 53.1 Å². The van der Waals surface area contributed by atoms with Gasteiger partial charge < -0.3 is 10.5 Å². The van der Waals surface area contributed by atoms with Gasteiger partial charge in [-0.2, -0.15) is 4.99 Å². The van der Waals surface area contributed by atoms with Crippen LogP contribution in [0.3, 0.4) is 0 Å². The van der Waals surface area contributed by atoms with Crippen LogP contribution in [-0.4, -0.2) is 23.8 Å². The summed E-state index contributed by atoms with van der Waals surface area (Å²) in [7, 11) is 0. The van der Waals surface area contributed by atoms with Crippen LogP contribution < -0.4 is 5.73 Å². The lowest BCUT2D eigenvalue weighted by Gasteiger charge is -2.17. The Balaban J connectivity index is 4.46. The van der Waals surface area contributed by atoms with Crippen molar-refractivity contribution in [1.82, 2.24) is 0 Å². The molecule has 5 nitrogen and oxygen atoms in total. The number of nitrogens with zero attached hydrogens (tertiary/aromatic N) is 1. The van der Waals surface area contributed by atoms with Crippen LogP contribution in [0.1, 0.15) is 47.5 Å².